The molecule has 0 aliphatic rings. The number of carbonyl (C=O) groups excluding carboxylic acids is 1. The van der Waals surface area contributed by atoms with Crippen LogP contribution in [0.1, 0.15) is 11.1 Å². The van der Waals surface area contributed by atoms with E-state index >= 15 is 0 Å². The molecule has 3 aromatic rings. The second kappa shape index (κ2) is 6.62. The van der Waals surface area contributed by atoms with Gasteiger partial charge in [0.15, 0.2) is 0 Å². The average Bonchev–Trinajstić information content (AvgIpc) is 2.84. The molecule has 3 rings (SSSR count). The van der Waals surface area contributed by atoms with Crippen LogP contribution in [-0.4, -0.2) is 11.0 Å². The maximum Gasteiger partial charge on any atom is 0.212 e. The first-order valence-corrected chi connectivity index (χ1v) is 7.88. The molecule has 0 radical (unpaired) electrons. The quantitative estimate of drug-likeness (QED) is 0.674. The van der Waals surface area contributed by atoms with Crippen LogP contribution in [0.2, 0.25) is 0 Å². The van der Waals surface area contributed by atoms with Gasteiger partial charge in [0.05, 0.1) is 5.69 Å². The van der Waals surface area contributed by atoms with Gasteiger partial charge in [-0.15, -0.1) is 0 Å². The van der Waals surface area contributed by atoms with Crippen LogP contribution < -0.4 is 10.6 Å². The van der Waals surface area contributed by atoms with E-state index in [2.05, 4.69) is 66.1 Å². The number of anilines is 3. The number of rotatable bonds is 5. The summed E-state index contributed by atoms with van der Waals surface area (Å²) in [7, 11) is 1.91. The molecular weight excluding hydrogens is 298 g/mol. The zero-order chi connectivity index (χ0) is 17.1. The van der Waals surface area contributed by atoms with Crippen LogP contribution in [0.4, 0.5) is 17.2 Å². The second-order valence-corrected chi connectivity index (χ2v) is 5.96. The smallest absolute Gasteiger partial charge is 0.212 e. The van der Waals surface area contributed by atoms with Gasteiger partial charge in [-0.25, -0.2) is 0 Å². The Morgan fingerprint density at radius 1 is 0.917 bits per heavy atom. The van der Waals surface area contributed by atoms with Crippen molar-refractivity contribution >= 4 is 23.6 Å². The van der Waals surface area contributed by atoms with Gasteiger partial charge in [-0.3, -0.25) is 4.79 Å². The lowest BCUT2D eigenvalue weighted by Gasteiger charge is -2.08. The lowest BCUT2D eigenvalue weighted by atomic mass is 10.0. The molecule has 4 nitrogen and oxygen atoms in total. The van der Waals surface area contributed by atoms with Crippen molar-refractivity contribution in [1.82, 2.24) is 4.57 Å². The molecule has 0 aliphatic heterocycles. The van der Waals surface area contributed by atoms with Crippen molar-refractivity contribution in [1.29, 1.82) is 0 Å². The standard InChI is InChI=1S/C20H21N3O/c1-14-4-6-16(7-5-14)17-8-10-18(11-9-17)22-19-12-23(3)20(15(19)2)21-13-24/h4-13,22H,1-3H3,(H,21,24). The molecule has 0 spiro atoms. The Balaban J connectivity index is 1.81. The maximum absolute atomic E-state index is 10.7. The van der Waals surface area contributed by atoms with Crippen LogP contribution in [-0.2, 0) is 11.8 Å². The number of carbonyl (C=O) groups is 1. The third-order valence-corrected chi connectivity index (χ3v) is 4.18. The van der Waals surface area contributed by atoms with E-state index in [4.69, 9.17) is 0 Å². The highest BCUT2D eigenvalue weighted by molar-refractivity contribution is 5.78. The van der Waals surface area contributed by atoms with Gasteiger partial charge < -0.3 is 15.2 Å². The van der Waals surface area contributed by atoms with E-state index < -0.39 is 0 Å². The molecule has 1 aromatic heterocycles. The first-order valence-electron chi connectivity index (χ1n) is 7.88. The topological polar surface area (TPSA) is 46.1 Å². The molecule has 0 fully saturated rings. The Bertz CT molecular complexity index is 846. The molecular formula is C20H21N3O. The fourth-order valence-corrected chi connectivity index (χ4v) is 2.79. The van der Waals surface area contributed by atoms with Crippen LogP contribution in [0.25, 0.3) is 11.1 Å². The summed E-state index contributed by atoms with van der Waals surface area (Å²) in [5.74, 6) is 0.795. The summed E-state index contributed by atoms with van der Waals surface area (Å²) in [5.41, 5.74) is 6.65. The molecule has 1 heterocycles. The number of nitrogens with zero attached hydrogens (tertiary/aromatic N) is 1. The lowest BCUT2D eigenvalue weighted by Crippen LogP contribution is -2.00. The molecule has 0 saturated carbocycles. The van der Waals surface area contributed by atoms with Crippen molar-refractivity contribution < 1.29 is 4.79 Å². The van der Waals surface area contributed by atoms with Crippen LogP contribution in [0.3, 0.4) is 0 Å². The van der Waals surface area contributed by atoms with E-state index in [0.717, 1.165) is 22.8 Å². The van der Waals surface area contributed by atoms with E-state index in [9.17, 15) is 4.79 Å². The van der Waals surface area contributed by atoms with Gasteiger partial charge in [-0.1, -0.05) is 42.0 Å². The van der Waals surface area contributed by atoms with E-state index in [1.54, 1.807) is 0 Å². The van der Waals surface area contributed by atoms with Gasteiger partial charge in [-0.2, -0.15) is 0 Å². The fourth-order valence-electron chi connectivity index (χ4n) is 2.79. The monoisotopic (exact) mass is 319 g/mol. The molecule has 2 N–H and O–H groups in total. The van der Waals surface area contributed by atoms with Gasteiger partial charge >= 0.3 is 0 Å². The normalized spacial score (nSPS) is 10.5. The van der Waals surface area contributed by atoms with E-state index in [-0.39, 0.29) is 0 Å². The third kappa shape index (κ3) is 3.18. The average molecular weight is 319 g/mol. The second-order valence-electron chi connectivity index (χ2n) is 5.96. The minimum absolute atomic E-state index is 0.697. The minimum Gasteiger partial charge on any atom is -0.354 e. The van der Waals surface area contributed by atoms with Gasteiger partial charge in [0, 0.05) is 24.5 Å². The van der Waals surface area contributed by atoms with Crippen LogP contribution >= 0.6 is 0 Å². The van der Waals surface area contributed by atoms with Crippen LogP contribution in [0, 0.1) is 13.8 Å². The van der Waals surface area contributed by atoms with Gasteiger partial charge in [0.2, 0.25) is 6.41 Å². The Hall–Kier alpha value is -3.01. The fraction of sp³-hybridized carbons (Fsp3) is 0.150. The van der Waals surface area contributed by atoms with Gasteiger partial charge in [0.1, 0.15) is 5.82 Å². The number of aryl methyl sites for hydroxylation is 2. The van der Waals surface area contributed by atoms with Gasteiger partial charge in [0.25, 0.3) is 0 Å². The van der Waals surface area contributed by atoms with Crippen molar-refractivity contribution in [3.8, 4) is 11.1 Å². The molecule has 0 atom stereocenters. The number of amides is 1. The molecule has 2 aromatic carbocycles. The largest absolute Gasteiger partial charge is 0.354 e. The summed E-state index contributed by atoms with van der Waals surface area (Å²) in [5, 5.41) is 6.13. The van der Waals surface area contributed by atoms with Crippen molar-refractivity contribution in [3.63, 3.8) is 0 Å². The van der Waals surface area contributed by atoms with E-state index in [1.165, 1.54) is 16.7 Å². The van der Waals surface area contributed by atoms with Gasteiger partial charge in [-0.05, 0) is 37.1 Å². The SMILES string of the molecule is Cc1ccc(-c2ccc(Nc3cn(C)c(NC=O)c3C)cc2)cc1. The molecule has 122 valence electrons. The first kappa shape index (κ1) is 15.9. The zero-order valence-electron chi connectivity index (χ0n) is 14.1. The highest BCUT2D eigenvalue weighted by Crippen LogP contribution is 2.29. The highest BCUT2D eigenvalue weighted by Gasteiger charge is 2.10. The van der Waals surface area contributed by atoms with E-state index in [1.807, 2.05) is 24.7 Å². The predicted octanol–water partition coefficient (Wildman–Crippen LogP) is 4.62. The third-order valence-electron chi connectivity index (χ3n) is 4.18. The first-order chi connectivity index (χ1) is 11.6. The number of benzene rings is 2. The minimum atomic E-state index is 0.697. The Labute approximate surface area is 142 Å². The van der Waals surface area contributed by atoms with Crippen LogP contribution in [0.15, 0.2) is 54.7 Å². The summed E-state index contributed by atoms with van der Waals surface area (Å²) in [6.45, 7) is 4.07. The Kier molecular flexibility index (Phi) is 4.38. The molecule has 0 bridgehead atoms. The molecule has 24 heavy (non-hydrogen) atoms. The van der Waals surface area contributed by atoms with Crippen molar-refractivity contribution in [2.24, 2.45) is 7.05 Å². The number of hydrogen-bond acceptors (Lipinski definition) is 2. The number of nitrogens with one attached hydrogen (secondary N) is 2. The predicted molar refractivity (Wildman–Crippen MR) is 99.7 cm³/mol. The molecule has 4 heteroatoms. The molecule has 0 unspecified atom stereocenters. The summed E-state index contributed by atoms with van der Waals surface area (Å²) in [4.78, 5) is 10.7. The molecule has 1 amide bonds. The van der Waals surface area contributed by atoms with E-state index in [0.29, 0.717) is 6.41 Å². The summed E-state index contributed by atoms with van der Waals surface area (Å²) in [6.07, 6.45) is 2.66. The molecule has 0 saturated heterocycles. The van der Waals surface area contributed by atoms with Crippen molar-refractivity contribution in [2.75, 3.05) is 10.6 Å². The maximum atomic E-state index is 10.7. The van der Waals surface area contributed by atoms with Crippen LogP contribution in [0.5, 0.6) is 0 Å². The van der Waals surface area contributed by atoms with Crippen molar-refractivity contribution in [2.45, 2.75) is 13.8 Å². The highest BCUT2D eigenvalue weighted by atomic mass is 16.1. The number of aromatic nitrogens is 1. The Morgan fingerprint density at radius 3 is 2.08 bits per heavy atom. The van der Waals surface area contributed by atoms with Crippen molar-refractivity contribution in [3.05, 3.63) is 65.9 Å². The summed E-state index contributed by atoms with van der Waals surface area (Å²) >= 11 is 0. The zero-order valence-corrected chi connectivity index (χ0v) is 14.1. The summed E-state index contributed by atoms with van der Waals surface area (Å²) < 4.78 is 1.90. The lowest BCUT2D eigenvalue weighted by molar-refractivity contribution is -0.105. The molecule has 0 aliphatic carbocycles. The number of hydrogen-bond donors (Lipinski definition) is 2. The summed E-state index contributed by atoms with van der Waals surface area (Å²) in [6, 6.07) is 16.9. The Morgan fingerprint density at radius 2 is 1.50 bits per heavy atom.